The maximum absolute atomic E-state index is 5.61. The monoisotopic (exact) mass is 232 g/mol. The minimum Gasteiger partial charge on any atom is -0.339 e. The van der Waals surface area contributed by atoms with Crippen LogP contribution in [0.4, 0.5) is 0 Å². The average Bonchev–Trinajstić information content (AvgIpc) is 2.75. The van der Waals surface area contributed by atoms with E-state index in [1.807, 2.05) is 11.8 Å². The number of halogens is 1. The van der Waals surface area contributed by atoms with E-state index in [9.17, 15) is 0 Å². The Kier molecular flexibility index (Phi) is 3.02. The molecule has 1 unspecified atom stereocenters. The van der Waals surface area contributed by atoms with Crippen LogP contribution < -0.4 is 0 Å². The number of hydrogen-bond donors (Lipinski definition) is 0. The molecule has 0 N–H and O–H groups in total. The van der Waals surface area contributed by atoms with E-state index in [1.165, 1.54) is 12.2 Å². The SMILES string of the molecule is CC1(c2noc(CCCl)n2)CCCS1. The molecule has 1 fully saturated rings. The van der Waals surface area contributed by atoms with Crippen molar-refractivity contribution in [3.05, 3.63) is 11.7 Å². The molecule has 78 valence electrons. The minimum absolute atomic E-state index is 0.0636. The van der Waals surface area contributed by atoms with Crippen LogP contribution in [0.5, 0.6) is 0 Å². The summed E-state index contributed by atoms with van der Waals surface area (Å²) in [5.41, 5.74) is 0. The Labute approximate surface area is 92.6 Å². The van der Waals surface area contributed by atoms with Crippen molar-refractivity contribution >= 4 is 23.4 Å². The minimum atomic E-state index is 0.0636. The van der Waals surface area contributed by atoms with Gasteiger partial charge in [0.05, 0.1) is 4.75 Å². The molecule has 5 heteroatoms. The Morgan fingerprint density at radius 1 is 1.64 bits per heavy atom. The zero-order valence-corrected chi connectivity index (χ0v) is 9.70. The lowest BCUT2D eigenvalue weighted by molar-refractivity contribution is 0.371. The molecule has 2 rings (SSSR count). The molecule has 3 nitrogen and oxygen atoms in total. The van der Waals surface area contributed by atoms with Crippen molar-refractivity contribution in [2.24, 2.45) is 0 Å². The lowest BCUT2D eigenvalue weighted by Crippen LogP contribution is -2.14. The molecule has 0 spiro atoms. The normalized spacial score (nSPS) is 27.0. The van der Waals surface area contributed by atoms with Crippen LogP contribution in [0.1, 0.15) is 31.5 Å². The summed E-state index contributed by atoms with van der Waals surface area (Å²) in [4.78, 5) is 4.37. The topological polar surface area (TPSA) is 38.9 Å². The van der Waals surface area contributed by atoms with Gasteiger partial charge in [-0.15, -0.1) is 23.4 Å². The van der Waals surface area contributed by atoms with Gasteiger partial charge in [0.25, 0.3) is 0 Å². The van der Waals surface area contributed by atoms with Gasteiger partial charge in [0, 0.05) is 12.3 Å². The van der Waals surface area contributed by atoms with E-state index in [-0.39, 0.29) is 4.75 Å². The number of nitrogens with zero attached hydrogens (tertiary/aromatic N) is 2. The summed E-state index contributed by atoms with van der Waals surface area (Å²) < 4.78 is 5.19. The first kappa shape index (κ1) is 10.3. The molecule has 0 amide bonds. The summed E-state index contributed by atoms with van der Waals surface area (Å²) in [6.07, 6.45) is 3.04. The molecule has 1 atom stereocenters. The van der Waals surface area contributed by atoms with Crippen LogP contribution in [0.3, 0.4) is 0 Å². The zero-order chi connectivity index (χ0) is 10.0. The third kappa shape index (κ3) is 1.91. The quantitative estimate of drug-likeness (QED) is 0.751. The molecule has 1 aliphatic heterocycles. The van der Waals surface area contributed by atoms with Gasteiger partial charge in [-0.2, -0.15) is 4.98 Å². The highest BCUT2D eigenvalue weighted by Crippen LogP contribution is 2.44. The summed E-state index contributed by atoms with van der Waals surface area (Å²) in [5.74, 6) is 3.21. The van der Waals surface area contributed by atoms with Gasteiger partial charge >= 0.3 is 0 Å². The molecular weight excluding hydrogens is 220 g/mol. The van der Waals surface area contributed by atoms with Gasteiger partial charge < -0.3 is 4.52 Å². The molecule has 0 aromatic carbocycles. The van der Waals surface area contributed by atoms with Crippen LogP contribution >= 0.6 is 23.4 Å². The van der Waals surface area contributed by atoms with Gasteiger partial charge in [-0.05, 0) is 25.5 Å². The highest BCUT2D eigenvalue weighted by molar-refractivity contribution is 8.00. The van der Waals surface area contributed by atoms with E-state index < -0.39 is 0 Å². The Hall–Kier alpha value is -0.220. The Morgan fingerprint density at radius 2 is 2.50 bits per heavy atom. The zero-order valence-electron chi connectivity index (χ0n) is 8.12. The number of hydrogen-bond acceptors (Lipinski definition) is 4. The molecule has 0 bridgehead atoms. The van der Waals surface area contributed by atoms with Gasteiger partial charge in [-0.1, -0.05) is 5.16 Å². The predicted octanol–water partition coefficient (Wildman–Crippen LogP) is 2.59. The van der Waals surface area contributed by atoms with Gasteiger partial charge in [0.15, 0.2) is 5.82 Å². The van der Waals surface area contributed by atoms with Crippen LogP contribution in [0.2, 0.25) is 0 Å². The smallest absolute Gasteiger partial charge is 0.227 e. The number of thioether (sulfide) groups is 1. The second-order valence-electron chi connectivity index (χ2n) is 3.63. The number of aromatic nitrogens is 2. The molecule has 0 saturated carbocycles. The van der Waals surface area contributed by atoms with E-state index in [0.29, 0.717) is 18.2 Å². The van der Waals surface area contributed by atoms with Crippen LogP contribution in [0.15, 0.2) is 4.52 Å². The average molecular weight is 233 g/mol. The van der Waals surface area contributed by atoms with Crippen molar-refractivity contribution in [2.45, 2.75) is 30.9 Å². The summed E-state index contributed by atoms with van der Waals surface area (Å²) in [7, 11) is 0. The summed E-state index contributed by atoms with van der Waals surface area (Å²) in [6, 6.07) is 0. The van der Waals surface area contributed by atoms with Crippen molar-refractivity contribution in [1.82, 2.24) is 10.1 Å². The van der Waals surface area contributed by atoms with Crippen LogP contribution in [0.25, 0.3) is 0 Å². The van der Waals surface area contributed by atoms with Gasteiger partial charge in [-0.3, -0.25) is 0 Å². The molecule has 0 aliphatic carbocycles. The van der Waals surface area contributed by atoms with E-state index in [1.54, 1.807) is 0 Å². The molecule has 1 aromatic rings. The lowest BCUT2D eigenvalue weighted by Gasteiger charge is -2.16. The first-order valence-electron chi connectivity index (χ1n) is 4.77. The first-order chi connectivity index (χ1) is 6.74. The highest BCUT2D eigenvalue weighted by atomic mass is 35.5. The first-order valence-corrected chi connectivity index (χ1v) is 6.29. The molecule has 0 radical (unpaired) electrons. The summed E-state index contributed by atoms with van der Waals surface area (Å²) >= 11 is 7.52. The second kappa shape index (κ2) is 4.11. The van der Waals surface area contributed by atoms with Crippen LogP contribution in [-0.2, 0) is 11.2 Å². The van der Waals surface area contributed by atoms with Crippen molar-refractivity contribution < 1.29 is 4.52 Å². The van der Waals surface area contributed by atoms with E-state index in [0.717, 1.165) is 12.2 Å². The van der Waals surface area contributed by atoms with Crippen molar-refractivity contribution in [3.63, 3.8) is 0 Å². The van der Waals surface area contributed by atoms with E-state index >= 15 is 0 Å². The summed E-state index contributed by atoms with van der Waals surface area (Å²) in [5, 5.41) is 4.02. The fraction of sp³-hybridized carbons (Fsp3) is 0.778. The Morgan fingerprint density at radius 3 is 3.14 bits per heavy atom. The van der Waals surface area contributed by atoms with Gasteiger partial charge in [0.1, 0.15) is 0 Å². The fourth-order valence-corrected chi connectivity index (χ4v) is 3.01. The van der Waals surface area contributed by atoms with Crippen LogP contribution in [-0.4, -0.2) is 21.8 Å². The lowest BCUT2D eigenvalue weighted by atomic mass is 10.1. The molecule has 1 saturated heterocycles. The molecule has 14 heavy (non-hydrogen) atoms. The van der Waals surface area contributed by atoms with Crippen molar-refractivity contribution in [1.29, 1.82) is 0 Å². The van der Waals surface area contributed by atoms with Crippen molar-refractivity contribution in [2.75, 3.05) is 11.6 Å². The van der Waals surface area contributed by atoms with E-state index in [2.05, 4.69) is 17.1 Å². The highest BCUT2D eigenvalue weighted by Gasteiger charge is 2.35. The molecule has 2 heterocycles. The second-order valence-corrected chi connectivity index (χ2v) is 5.61. The number of rotatable bonds is 3. The van der Waals surface area contributed by atoms with Crippen LogP contribution in [0, 0.1) is 0 Å². The Balaban J connectivity index is 2.15. The molecule has 1 aromatic heterocycles. The molecular formula is C9H13ClN2OS. The van der Waals surface area contributed by atoms with Gasteiger partial charge in [-0.25, -0.2) is 0 Å². The number of alkyl halides is 1. The Bertz CT molecular complexity index is 310. The van der Waals surface area contributed by atoms with Gasteiger partial charge in [0.2, 0.25) is 5.89 Å². The maximum Gasteiger partial charge on any atom is 0.227 e. The molecule has 1 aliphatic rings. The number of aryl methyl sites for hydroxylation is 1. The maximum atomic E-state index is 5.61. The third-order valence-electron chi connectivity index (χ3n) is 2.47. The third-order valence-corrected chi connectivity index (χ3v) is 4.17. The summed E-state index contributed by atoms with van der Waals surface area (Å²) in [6.45, 7) is 2.18. The largest absolute Gasteiger partial charge is 0.339 e. The fourth-order valence-electron chi connectivity index (χ4n) is 1.61. The van der Waals surface area contributed by atoms with E-state index in [4.69, 9.17) is 16.1 Å². The predicted molar refractivity (Wildman–Crippen MR) is 57.8 cm³/mol. The standard InChI is InChI=1S/C9H13ClN2OS/c1-9(4-2-6-14-9)8-11-7(3-5-10)13-12-8/h2-6H2,1H3. The van der Waals surface area contributed by atoms with Crippen molar-refractivity contribution in [3.8, 4) is 0 Å².